The molecule has 0 aromatic heterocycles. The highest BCUT2D eigenvalue weighted by Crippen LogP contribution is 2.48. The summed E-state index contributed by atoms with van der Waals surface area (Å²) in [5.74, 6) is 2.19. The van der Waals surface area contributed by atoms with E-state index in [0.29, 0.717) is 37.4 Å². The normalized spacial score (nSPS) is 40.9. The minimum absolute atomic E-state index is 0.0475. The molecule has 3 fully saturated rings. The van der Waals surface area contributed by atoms with Gasteiger partial charge in [0, 0.05) is 25.6 Å². The van der Waals surface area contributed by atoms with Gasteiger partial charge >= 0.3 is 0 Å². The number of hydrogen-bond donors (Lipinski definition) is 1. The first kappa shape index (κ1) is 11.5. The Hall–Kier alpha value is -0.610. The van der Waals surface area contributed by atoms with E-state index in [-0.39, 0.29) is 6.10 Å². The highest BCUT2D eigenvalue weighted by molar-refractivity contribution is 5.79. The van der Waals surface area contributed by atoms with Crippen LogP contribution in [0, 0.1) is 17.8 Å². The van der Waals surface area contributed by atoms with Crippen LogP contribution in [0.15, 0.2) is 0 Å². The molecular formula is C13H22N2O2. The number of amides is 1. The van der Waals surface area contributed by atoms with Crippen LogP contribution in [0.2, 0.25) is 0 Å². The maximum absolute atomic E-state index is 12.5. The third kappa shape index (κ3) is 2.08. The maximum atomic E-state index is 12.5. The van der Waals surface area contributed by atoms with Crippen LogP contribution in [-0.4, -0.2) is 43.2 Å². The molecule has 17 heavy (non-hydrogen) atoms. The van der Waals surface area contributed by atoms with Gasteiger partial charge in [0.2, 0.25) is 5.91 Å². The molecule has 0 aromatic carbocycles. The van der Waals surface area contributed by atoms with Gasteiger partial charge in [-0.2, -0.15) is 0 Å². The Kier molecular flexibility index (Phi) is 3.09. The number of rotatable bonds is 2. The van der Waals surface area contributed by atoms with Crippen LogP contribution in [0.1, 0.15) is 25.7 Å². The first-order valence-corrected chi connectivity index (χ1v) is 6.88. The highest BCUT2D eigenvalue weighted by atomic mass is 16.5. The zero-order chi connectivity index (χ0) is 11.8. The molecule has 1 saturated heterocycles. The summed E-state index contributed by atoms with van der Waals surface area (Å²) < 4.78 is 5.51. The smallest absolute Gasteiger partial charge is 0.226 e. The monoisotopic (exact) mass is 238 g/mol. The molecular weight excluding hydrogens is 216 g/mol. The summed E-state index contributed by atoms with van der Waals surface area (Å²) >= 11 is 0. The topological polar surface area (TPSA) is 55.6 Å². The Morgan fingerprint density at radius 2 is 2.24 bits per heavy atom. The van der Waals surface area contributed by atoms with Crippen LogP contribution < -0.4 is 5.73 Å². The van der Waals surface area contributed by atoms with Crippen molar-refractivity contribution in [3.63, 3.8) is 0 Å². The molecule has 2 saturated carbocycles. The second kappa shape index (κ2) is 4.58. The van der Waals surface area contributed by atoms with Gasteiger partial charge in [-0.15, -0.1) is 0 Å². The van der Waals surface area contributed by atoms with E-state index < -0.39 is 0 Å². The number of nitrogens with two attached hydrogens (primary N) is 1. The van der Waals surface area contributed by atoms with Gasteiger partial charge < -0.3 is 15.4 Å². The standard InChI is InChI=1S/C13H22N2O2/c14-7-11-8-15(3-4-17-11)13(16)12-6-9-1-2-10(12)5-9/h9-12H,1-8,14H2. The van der Waals surface area contributed by atoms with Crippen LogP contribution in [0.25, 0.3) is 0 Å². The SMILES string of the molecule is NCC1CN(C(=O)C2CC3CCC2C3)CCO1. The third-order valence-corrected chi connectivity index (χ3v) is 4.77. The fourth-order valence-electron chi connectivity index (χ4n) is 3.84. The molecule has 96 valence electrons. The van der Waals surface area contributed by atoms with Gasteiger partial charge in [-0.05, 0) is 31.1 Å². The quantitative estimate of drug-likeness (QED) is 0.767. The van der Waals surface area contributed by atoms with Gasteiger partial charge in [0.25, 0.3) is 0 Å². The molecule has 1 amide bonds. The largest absolute Gasteiger partial charge is 0.373 e. The average Bonchev–Trinajstić information content (AvgIpc) is 3.00. The lowest BCUT2D eigenvalue weighted by molar-refractivity contribution is -0.144. The predicted molar refractivity (Wildman–Crippen MR) is 64.3 cm³/mol. The number of carbonyl (C=O) groups is 1. The van der Waals surface area contributed by atoms with Crippen LogP contribution in [0.4, 0.5) is 0 Å². The molecule has 3 rings (SSSR count). The summed E-state index contributed by atoms with van der Waals surface area (Å²) in [7, 11) is 0. The highest BCUT2D eigenvalue weighted by Gasteiger charge is 2.44. The van der Waals surface area contributed by atoms with Crippen LogP contribution in [-0.2, 0) is 9.53 Å². The summed E-state index contributed by atoms with van der Waals surface area (Å²) in [6, 6.07) is 0. The van der Waals surface area contributed by atoms with E-state index >= 15 is 0 Å². The number of morpholine rings is 1. The lowest BCUT2D eigenvalue weighted by atomic mass is 9.87. The molecule has 4 nitrogen and oxygen atoms in total. The second-order valence-corrected chi connectivity index (χ2v) is 5.79. The maximum Gasteiger partial charge on any atom is 0.226 e. The second-order valence-electron chi connectivity index (χ2n) is 5.79. The van der Waals surface area contributed by atoms with Gasteiger partial charge in [-0.25, -0.2) is 0 Å². The van der Waals surface area contributed by atoms with Crippen molar-refractivity contribution < 1.29 is 9.53 Å². The summed E-state index contributed by atoms with van der Waals surface area (Å²) in [6.07, 6.45) is 5.09. The van der Waals surface area contributed by atoms with Crippen molar-refractivity contribution in [1.29, 1.82) is 0 Å². The van der Waals surface area contributed by atoms with Crippen molar-refractivity contribution >= 4 is 5.91 Å². The zero-order valence-corrected chi connectivity index (χ0v) is 10.3. The first-order chi connectivity index (χ1) is 8.28. The number of nitrogens with zero attached hydrogens (tertiary/aromatic N) is 1. The number of fused-ring (bicyclic) bond motifs is 2. The molecule has 1 heterocycles. The van der Waals surface area contributed by atoms with Crippen molar-refractivity contribution in [2.24, 2.45) is 23.5 Å². The molecule has 2 N–H and O–H groups in total. The van der Waals surface area contributed by atoms with Crippen LogP contribution >= 0.6 is 0 Å². The van der Waals surface area contributed by atoms with Crippen LogP contribution in [0.3, 0.4) is 0 Å². The van der Waals surface area contributed by atoms with E-state index in [1.807, 2.05) is 4.90 Å². The van der Waals surface area contributed by atoms with E-state index in [2.05, 4.69) is 0 Å². The minimum atomic E-state index is 0.0475. The molecule has 0 radical (unpaired) electrons. The molecule has 2 aliphatic carbocycles. The zero-order valence-electron chi connectivity index (χ0n) is 10.3. The molecule has 4 heteroatoms. The van der Waals surface area contributed by atoms with Crippen molar-refractivity contribution in [2.45, 2.75) is 31.8 Å². The fourth-order valence-corrected chi connectivity index (χ4v) is 3.84. The van der Waals surface area contributed by atoms with Gasteiger partial charge in [-0.3, -0.25) is 4.79 Å². The van der Waals surface area contributed by atoms with Gasteiger partial charge in [0.05, 0.1) is 12.7 Å². The molecule has 4 atom stereocenters. The van der Waals surface area contributed by atoms with Gasteiger partial charge in [0.1, 0.15) is 0 Å². The summed E-state index contributed by atoms with van der Waals surface area (Å²) in [5.41, 5.74) is 5.62. The van der Waals surface area contributed by atoms with Crippen molar-refractivity contribution in [3.8, 4) is 0 Å². The number of carbonyl (C=O) groups excluding carboxylic acids is 1. The fraction of sp³-hybridized carbons (Fsp3) is 0.923. The molecule has 0 spiro atoms. The van der Waals surface area contributed by atoms with Crippen molar-refractivity contribution in [1.82, 2.24) is 4.90 Å². The Balaban J connectivity index is 1.62. The Morgan fingerprint density at radius 3 is 2.88 bits per heavy atom. The van der Waals surface area contributed by atoms with Gasteiger partial charge in [-0.1, -0.05) is 6.42 Å². The van der Waals surface area contributed by atoms with E-state index in [0.717, 1.165) is 18.9 Å². The number of ether oxygens (including phenoxy) is 1. The Bertz CT molecular complexity index is 308. The van der Waals surface area contributed by atoms with Crippen LogP contribution in [0.5, 0.6) is 0 Å². The lowest BCUT2D eigenvalue weighted by Crippen LogP contribution is -2.50. The van der Waals surface area contributed by atoms with Gasteiger partial charge in [0.15, 0.2) is 0 Å². The average molecular weight is 238 g/mol. The summed E-state index contributed by atoms with van der Waals surface area (Å²) in [4.78, 5) is 14.5. The minimum Gasteiger partial charge on any atom is -0.373 e. The third-order valence-electron chi connectivity index (χ3n) is 4.77. The summed E-state index contributed by atoms with van der Waals surface area (Å²) in [5, 5.41) is 0. The number of hydrogen-bond acceptors (Lipinski definition) is 3. The van der Waals surface area contributed by atoms with E-state index in [1.54, 1.807) is 0 Å². The first-order valence-electron chi connectivity index (χ1n) is 6.88. The molecule has 1 aliphatic heterocycles. The molecule has 2 bridgehead atoms. The van der Waals surface area contributed by atoms with E-state index in [1.165, 1.54) is 19.3 Å². The van der Waals surface area contributed by atoms with E-state index in [4.69, 9.17) is 10.5 Å². The Morgan fingerprint density at radius 1 is 1.35 bits per heavy atom. The van der Waals surface area contributed by atoms with Crippen molar-refractivity contribution in [2.75, 3.05) is 26.2 Å². The predicted octanol–water partition coefficient (Wildman–Crippen LogP) is 0.609. The van der Waals surface area contributed by atoms with E-state index in [9.17, 15) is 4.79 Å². The molecule has 3 aliphatic rings. The molecule has 4 unspecified atom stereocenters. The lowest BCUT2D eigenvalue weighted by Gasteiger charge is -2.35. The summed E-state index contributed by atoms with van der Waals surface area (Å²) in [6.45, 7) is 2.61. The molecule has 0 aromatic rings. The van der Waals surface area contributed by atoms with Crippen molar-refractivity contribution in [3.05, 3.63) is 0 Å². The Labute approximate surface area is 102 Å².